The zero-order valence-electron chi connectivity index (χ0n) is 10.6. The van der Waals surface area contributed by atoms with E-state index >= 15 is 0 Å². The lowest BCUT2D eigenvalue weighted by atomic mass is 9.81. The molecule has 1 aromatic carbocycles. The number of nitrogens with two attached hydrogens (primary N) is 1. The minimum Gasteiger partial charge on any atom is -0.368 e. The smallest absolute Gasteiger partial charge is 0.0405 e. The molecule has 1 aliphatic heterocycles. The van der Waals surface area contributed by atoms with Crippen molar-refractivity contribution in [3.63, 3.8) is 0 Å². The van der Waals surface area contributed by atoms with Crippen LogP contribution in [0.25, 0.3) is 0 Å². The first-order chi connectivity index (χ1) is 8.29. The quantitative estimate of drug-likeness (QED) is 0.865. The molecule has 1 aliphatic carbocycles. The third-order valence-electron chi connectivity index (χ3n) is 4.41. The van der Waals surface area contributed by atoms with Gasteiger partial charge in [-0.1, -0.05) is 25.1 Å². The van der Waals surface area contributed by atoms with Crippen LogP contribution < -0.4 is 10.6 Å². The monoisotopic (exact) mass is 230 g/mol. The van der Waals surface area contributed by atoms with Crippen LogP contribution in [0.15, 0.2) is 24.3 Å². The Morgan fingerprint density at radius 3 is 2.76 bits per heavy atom. The number of rotatable bonds is 3. The van der Waals surface area contributed by atoms with Gasteiger partial charge in [0.15, 0.2) is 0 Å². The molecule has 3 rings (SSSR count). The first-order valence-corrected chi connectivity index (χ1v) is 6.85. The SMILES string of the molecule is CC1CC(N2CC(CCN)c3ccccc32)C1. The topological polar surface area (TPSA) is 29.3 Å². The molecule has 1 unspecified atom stereocenters. The molecule has 0 amide bonds. The molecule has 0 bridgehead atoms. The first-order valence-electron chi connectivity index (χ1n) is 6.85. The van der Waals surface area contributed by atoms with E-state index in [2.05, 4.69) is 36.1 Å². The van der Waals surface area contributed by atoms with E-state index in [1.807, 2.05) is 0 Å². The highest BCUT2D eigenvalue weighted by atomic mass is 15.2. The molecule has 2 N–H and O–H groups in total. The predicted octanol–water partition coefficient (Wildman–Crippen LogP) is 2.74. The molecular formula is C15H22N2. The van der Waals surface area contributed by atoms with Crippen molar-refractivity contribution in [2.24, 2.45) is 11.7 Å². The molecule has 0 saturated heterocycles. The molecule has 17 heavy (non-hydrogen) atoms. The third-order valence-corrected chi connectivity index (χ3v) is 4.41. The van der Waals surface area contributed by atoms with Gasteiger partial charge in [-0.3, -0.25) is 0 Å². The summed E-state index contributed by atoms with van der Waals surface area (Å²) in [5.41, 5.74) is 8.74. The van der Waals surface area contributed by atoms with Crippen LogP contribution in [0.5, 0.6) is 0 Å². The molecule has 0 radical (unpaired) electrons. The zero-order chi connectivity index (χ0) is 11.8. The Kier molecular flexibility index (Phi) is 2.83. The number of fused-ring (bicyclic) bond motifs is 1. The van der Waals surface area contributed by atoms with Crippen LogP contribution in [0.3, 0.4) is 0 Å². The van der Waals surface area contributed by atoms with Gasteiger partial charge in [-0.2, -0.15) is 0 Å². The van der Waals surface area contributed by atoms with Crippen LogP contribution in [0.2, 0.25) is 0 Å². The van der Waals surface area contributed by atoms with Gasteiger partial charge in [-0.25, -0.2) is 0 Å². The van der Waals surface area contributed by atoms with Gasteiger partial charge < -0.3 is 10.6 Å². The van der Waals surface area contributed by atoms with Crippen molar-refractivity contribution in [2.45, 2.75) is 38.1 Å². The summed E-state index contributed by atoms with van der Waals surface area (Å²) in [6.45, 7) is 4.34. The van der Waals surface area contributed by atoms with E-state index in [0.717, 1.165) is 24.9 Å². The lowest BCUT2D eigenvalue weighted by molar-refractivity contribution is 0.274. The standard InChI is InChI=1S/C15H22N2/c1-11-8-13(9-11)17-10-12(6-7-16)14-4-2-3-5-15(14)17/h2-5,11-13H,6-10,16H2,1H3. The van der Waals surface area contributed by atoms with Crippen molar-refractivity contribution in [3.05, 3.63) is 29.8 Å². The largest absolute Gasteiger partial charge is 0.368 e. The van der Waals surface area contributed by atoms with Crippen LogP contribution in [0, 0.1) is 5.92 Å². The highest BCUT2D eigenvalue weighted by molar-refractivity contribution is 5.61. The van der Waals surface area contributed by atoms with Gasteiger partial charge >= 0.3 is 0 Å². The van der Waals surface area contributed by atoms with Gasteiger partial charge in [-0.05, 0) is 43.4 Å². The van der Waals surface area contributed by atoms with Crippen LogP contribution in [-0.4, -0.2) is 19.1 Å². The number of hydrogen-bond donors (Lipinski definition) is 1. The van der Waals surface area contributed by atoms with Crippen molar-refractivity contribution in [2.75, 3.05) is 18.0 Å². The highest BCUT2D eigenvalue weighted by Gasteiger charge is 2.37. The van der Waals surface area contributed by atoms with Crippen molar-refractivity contribution in [1.82, 2.24) is 0 Å². The van der Waals surface area contributed by atoms with E-state index in [9.17, 15) is 0 Å². The van der Waals surface area contributed by atoms with Crippen molar-refractivity contribution >= 4 is 5.69 Å². The summed E-state index contributed by atoms with van der Waals surface area (Å²) in [6.07, 6.45) is 3.85. The van der Waals surface area contributed by atoms with Crippen LogP contribution >= 0.6 is 0 Å². The molecular weight excluding hydrogens is 208 g/mol. The predicted molar refractivity (Wildman–Crippen MR) is 72.4 cm³/mol. The van der Waals surface area contributed by atoms with Gasteiger partial charge in [-0.15, -0.1) is 0 Å². The number of benzene rings is 1. The molecule has 1 aromatic rings. The van der Waals surface area contributed by atoms with Crippen LogP contribution in [-0.2, 0) is 0 Å². The van der Waals surface area contributed by atoms with Crippen LogP contribution in [0.4, 0.5) is 5.69 Å². The fourth-order valence-corrected chi connectivity index (χ4v) is 3.44. The molecule has 0 spiro atoms. The van der Waals surface area contributed by atoms with Gasteiger partial charge in [0.1, 0.15) is 0 Å². The first kappa shape index (κ1) is 11.1. The molecule has 2 heteroatoms. The maximum Gasteiger partial charge on any atom is 0.0405 e. The van der Waals surface area contributed by atoms with E-state index in [1.165, 1.54) is 30.6 Å². The molecule has 92 valence electrons. The molecule has 0 aromatic heterocycles. The minimum atomic E-state index is 0.659. The summed E-state index contributed by atoms with van der Waals surface area (Å²) in [5, 5.41) is 0. The minimum absolute atomic E-state index is 0.659. The Hall–Kier alpha value is -1.02. The van der Waals surface area contributed by atoms with E-state index in [4.69, 9.17) is 5.73 Å². The van der Waals surface area contributed by atoms with Crippen molar-refractivity contribution in [1.29, 1.82) is 0 Å². The molecule has 1 atom stereocenters. The van der Waals surface area contributed by atoms with E-state index in [-0.39, 0.29) is 0 Å². The fraction of sp³-hybridized carbons (Fsp3) is 0.600. The Morgan fingerprint density at radius 2 is 2.06 bits per heavy atom. The molecule has 1 heterocycles. The average Bonchev–Trinajstić information content (AvgIpc) is 2.65. The van der Waals surface area contributed by atoms with Crippen molar-refractivity contribution in [3.8, 4) is 0 Å². The molecule has 1 fully saturated rings. The normalized spacial score (nSPS) is 31.2. The second-order valence-electron chi connectivity index (χ2n) is 5.72. The van der Waals surface area contributed by atoms with E-state index < -0.39 is 0 Å². The van der Waals surface area contributed by atoms with E-state index in [0.29, 0.717) is 5.92 Å². The maximum atomic E-state index is 5.74. The Balaban J connectivity index is 1.84. The Labute approximate surface area is 104 Å². The lowest BCUT2D eigenvalue weighted by Crippen LogP contribution is -2.43. The lowest BCUT2D eigenvalue weighted by Gasteiger charge is -2.41. The van der Waals surface area contributed by atoms with Gasteiger partial charge in [0.25, 0.3) is 0 Å². The number of nitrogens with zero attached hydrogens (tertiary/aromatic N) is 1. The fourth-order valence-electron chi connectivity index (χ4n) is 3.44. The summed E-state index contributed by atoms with van der Waals surface area (Å²) in [5.74, 6) is 1.58. The molecule has 2 aliphatic rings. The number of anilines is 1. The maximum absolute atomic E-state index is 5.74. The summed E-state index contributed by atoms with van der Waals surface area (Å²) in [6, 6.07) is 9.69. The Bertz CT molecular complexity index is 396. The summed E-state index contributed by atoms with van der Waals surface area (Å²) >= 11 is 0. The van der Waals surface area contributed by atoms with Gasteiger partial charge in [0.2, 0.25) is 0 Å². The average molecular weight is 230 g/mol. The van der Waals surface area contributed by atoms with E-state index in [1.54, 1.807) is 0 Å². The van der Waals surface area contributed by atoms with Gasteiger partial charge in [0, 0.05) is 24.2 Å². The second kappa shape index (κ2) is 4.34. The number of hydrogen-bond acceptors (Lipinski definition) is 2. The third kappa shape index (κ3) is 1.85. The Morgan fingerprint density at radius 1 is 1.29 bits per heavy atom. The van der Waals surface area contributed by atoms with Crippen LogP contribution in [0.1, 0.15) is 37.7 Å². The molecule has 1 saturated carbocycles. The van der Waals surface area contributed by atoms with Crippen molar-refractivity contribution < 1.29 is 0 Å². The zero-order valence-corrected chi connectivity index (χ0v) is 10.6. The summed E-state index contributed by atoms with van der Waals surface area (Å²) in [4.78, 5) is 2.63. The summed E-state index contributed by atoms with van der Waals surface area (Å²) < 4.78 is 0. The summed E-state index contributed by atoms with van der Waals surface area (Å²) in [7, 11) is 0. The highest BCUT2D eigenvalue weighted by Crippen LogP contribution is 2.43. The van der Waals surface area contributed by atoms with Gasteiger partial charge in [0.05, 0.1) is 0 Å². The number of para-hydroxylation sites is 1. The molecule has 2 nitrogen and oxygen atoms in total. The second-order valence-corrected chi connectivity index (χ2v) is 5.72.